The fourth-order valence-corrected chi connectivity index (χ4v) is 1.38. The lowest BCUT2D eigenvalue weighted by Crippen LogP contribution is -1.98. The van der Waals surface area contributed by atoms with Crippen molar-refractivity contribution in [2.24, 2.45) is 0 Å². The molecule has 0 heterocycles. The van der Waals surface area contributed by atoms with Crippen LogP contribution in [0.2, 0.25) is 0 Å². The second-order valence-electron chi connectivity index (χ2n) is 2.62. The SMILES string of the molecule is CSc1ccc(COCCO)cc1. The van der Waals surface area contributed by atoms with Crippen molar-refractivity contribution in [3.63, 3.8) is 0 Å². The van der Waals surface area contributed by atoms with Crippen molar-refractivity contribution in [1.29, 1.82) is 0 Å². The molecule has 0 fully saturated rings. The quantitative estimate of drug-likeness (QED) is 0.579. The van der Waals surface area contributed by atoms with E-state index >= 15 is 0 Å². The standard InChI is InChI=1S/C10H14O2S/c1-13-10-4-2-9(3-5-10)8-12-7-6-11/h2-5,11H,6-8H2,1H3. The molecule has 2 nitrogen and oxygen atoms in total. The molecule has 0 atom stereocenters. The molecular formula is C10H14O2S. The van der Waals surface area contributed by atoms with E-state index in [1.54, 1.807) is 11.8 Å². The van der Waals surface area contributed by atoms with Crippen molar-refractivity contribution in [2.75, 3.05) is 19.5 Å². The zero-order chi connectivity index (χ0) is 9.52. The molecule has 1 aromatic rings. The van der Waals surface area contributed by atoms with Crippen LogP contribution in [0, 0.1) is 0 Å². The summed E-state index contributed by atoms with van der Waals surface area (Å²) in [5, 5.41) is 8.50. The Morgan fingerprint density at radius 3 is 2.54 bits per heavy atom. The van der Waals surface area contributed by atoms with Gasteiger partial charge in [-0.3, -0.25) is 0 Å². The van der Waals surface area contributed by atoms with Crippen molar-refractivity contribution < 1.29 is 9.84 Å². The van der Waals surface area contributed by atoms with Crippen LogP contribution in [0.4, 0.5) is 0 Å². The number of ether oxygens (including phenoxy) is 1. The maximum Gasteiger partial charge on any atom is 0.0718 e. The fraction of sp³-hybridized carbons (Fsp3) is 0.400. The number of hydrogen-bond donors (Lipinski definition) is 1. The van der Waals surface area contributed by atoms with Gasteiger partial charge in [-0.05, 0) is 24.0 Å². The highest BCUT2D eigenvalue weighted by molar-refractivity contribution is 7.98. The summed E-state index contributed by atoms with van der Waals surface area (Å²) in [5.41, 5.74) is 1.14. The summed E-state index contributed by atoms with van der Waals surface area (Å²) in [6.45, 7) is 1.07. The zero-order valence-corrected chi connectivity index (χ0v) is 8.51. The number of rotatable bonds is 5. The third-order valence-corrected chi connectivity index (χ3v) is 2.41. The Hall–Kier alpha value is -0.510. The van der Waals surface area contributed by atoms with E-state index in [9.17, 15) is 0 Å². The minimum atomic E-state index is 0.0862. The van der Waals surface area contributed by atoms with Crippen LogP contribution < -0.4 is 0 Å². The van der Waals surface area contributed by atoms with E-state index in [0.717, 1.165) is 5.56 Å². The van der Waals surface area contributed by atoms with Crippen LogP contribution >= 0.6 is 11.8 Å². The summed E-state index contributed by atoms with van der Waals surface area (Å²) < 4.78 is 5.19. The zero-order valence-electron chi connectivity index (χ0n) is 7.69. The van der Waals surface area contributed by atoms with Crippen LogP contribution in [0.25, 0.3) is 0 Å². The number of aliphatic hydroxyl groups is 1. The largest absolute Gasteiger partial charge is 0.394 e. The van der Waals surface area contributed by atoms with Crippen LogP contribution in [0.1, 0.15) is 5.56 Å². The molecule has 1 N–H and O–H groups in total. The van der Waals surface area contributed by atoms with Gasteiger partial charge in [0.2, 0.25) is 0 Å². The lowest BCUT2D eigenvalue weighted by Gasteiger charge is -2.02. The Kier molecular flexibility index (Phi) is 4.90. The maximum atomic E-state index is 8.50. The van der Waals surface area contributed by atoms with E-state index < -0.39 is 0 Å². The van der Waals surface area contributed by atoms with Crippen molar-refractivity contribution in [3.8, 4) is 0 Å². The van der Waals surface area contributed by atoms with E-state index in [1.165, 1.54) is 4.90 Å². The lowest BCUT2D eigenvalue weighted by atomic mass is 10.2. The highest BCUT2D eigenvalue weighted by Gasteiger charge is 1.93. The molecule has 1 aromatic carbocycles. The van der Waals surface area contributed by atoms with Gasteiger partial charge in [-0.15, -0.1) is 11.8 Å². The van der Waals surface area contributed by atoms with Crippen LogP contribution in [-0.2, 0) is 11.3 Å². The average molecular weight is 198 g/mol. The first-order valence-electron chi connectivity index (χ1n) is 4.18. The predicted octanol–water partition coefficient (Wildman–Crippen LogP) is 1.92. The smallest absolute Gasteiger partial charge is 0.0718 e. The average Bonchev–Trinajstić information content (AvgIpc) is 2.19. The molecule has 0 aliphatic carbocycles. The summed E-state index contributed by atoms with van der Waals surface area (Å²) in [6.07, 6.45) is 2.05. The molecule has 0 saturated carbocycles. The summed E-state index contributed by atoms with van der Waals surface area (Å²) in [6, 6.07) is 8.23. The van der Waals surface area contributed by atoms with Gasteiger partial charge < -0.3 is 9.84 Å². The Bertz CT molecular complexity index is 233. The number of benzene rings is 1. The molecule has 0 aromatic heterocycles. The molecule has 1 rings (SSSR count). The van der Waals surface area contributed by atoms with E-state index in [1.807, 2.05) is 12.1 Å². The van der Waals surface area contributed by atoms with Crippen molar-refractivity contribution in [1.82, 2.24) is 0 Å². The van der Waals surface area contributed by atoms with Crippen LogP contribution in [0.3, 0.4) is 0 Å². The van der Waals surface area contributed by atoms with Gasteiger partial charge in [0.15, 0.2) is 0 Å². The molecule has 0 unspecified atom stereocenters. The molecule has 0 spiro atoms. The summed E-state index contributed by atoms with van der Waals surface area (Å²) >= 11 is 1.73. The van der Waals surface area contributed by atoms with Crippen LogP contribution in [0.15, 0.2) is 29.2 Å². The Balaban J connectivity index is 2.40. The summed E-state index contributed by atoms with van der Waals surface area (Å²) in [4.78, 5) is 1.26. The molecule has 0 saturated heterocycles. The second-order valence-corrected chi connectivity index (χ2v) is 3.50. The van der Waals surface area contributed by atoms with Gasteiger partial charge in [-0.2, -0.15) is 0 Å². The minimum absolute atomic E-state index is 0.0862. The van der Waals surface area contributed by atoms with Gasteiger partial charge in [0.1, 0.15) is 0 Å². The summed E-state index contributed by atoms with van der Waals surface area (Å²) in [7, 11) is 0. The molecule has 0 bridgehead atoms. The molecule has 13 heavy (non-hydrogen) atoms. The normalized spacial score (nSPS) is 10.3. The highest BCUT2D eigenvalue weighted by atomic mass is 32.2. The molecule has 0 radical (unpaired) electrons. The maximum absolute atomic E-state index is 8.50. The van der Waals surface area contributed by atoms with Gasteiger partial charge in [0, 0.05) is 4.90 Å². The predicted molar refractivity (Wildman–Crippen MR) is 55.0 cm³/mol. The third-order valence-electron chi connectivity index (χ3n) is 1.66. The van der Waals surface area contributed by atoms with Gasteiger partial charge in [-0.25, -0.2) is 0 Å². The minimum Gasteiger partial charge on any atom is -0.394 e. The highest BCUT2D eigenvalue weighted by Crippen LogP contribution is 2.15. The second kappa shape index (κ2) is 6.02. The molecule has 0 aliphatic heterocycles. The first-order valence-corrected chi connectivity index (χ1v) is 5.41. The van der Waals surface area contributed by atoms with Crippen LogP contribution in [-0.4, -0.2) is 24.6 Å². The molecular weight excluding hydrogens is 184 g/mol. The fourth-order valence-electron chi connectivity index (χ4n) is 0.976. The topological polar surface area (TPSA) is 29.5 Å². The van der Waals surface area contributed by atoms with Gasteiger partial charge in [0.05, 0.1) is 19.8 Å². The monoisotopic (exact) mass is 198 g/mol. The van der Waals surface area contributed by atoms with Gasteiger partial charge >= 0.3 is 0 Å². The Labute approximate surface area is 82.9 Å². The number of aliphatic hydroxyl groups excluding tert-OH is 1. The first kappa shape index (κ1) is 10.6. The molecule has 0 amide bonds. The van der Waals surface area contributed by atoms with Crippen molar-refractivity contribution in [2.45, 2.75) is 11.5 Å². The Morgan fingerprint density at radius 1 is 1.31 bits per heavy atom. The molecule has 72 valence electrons. The molecule has 0 aliphatic rings. The van der Waals surface area contributed by atoms with Crippen molar-refractivity contribution in [3.05, 3.63) is 29.8 Å². The summed E-state index contributed by atoms with van der Waals surface area (Å²) in [5.74, 6) is 0. The van der Waals surface area contributed by atoms with Gasteiger partial charge in [-0.1, -0.05) is 12.1 Å². The van der Waals surface area contributed by atoms with E-state index in [2.05, 4.69) is 18.4 Å². The van der Waals surface area contributed by atoms with Crippen LogP contribution in [0.5, 0.6) is 0 Å². The van der Waals surface area contributed by atoms with E-state index in [0.29, 0.717) is 13.2 Å². The van der Waals surface area contributed by atoms with E-state index in [4.69, 9.17) is 9.84 Å². The number of hydrogen-bond acceptors (Lipinski definition) is 3. The lowest BCUT2D eigenvalue weighted by molar-refractivity contribution is 0.0815. The van der Waals surface area contributed by atoms with Crippen molar-refractivity contribution >= 4 is 11.8 Å². The first-order chi connectivity index (χ1) is 6.36. The molecule has 3 heteroatoms. The number of thioether (sulfide) groups is 1. The van der Waals surface area contributed by atoms with Gasteiger partial charge in [0.25, 0.3) is 0 Å². The Morgan fingerprint density at radius 2 is 2.00 bits per heavy atom. The third kappa shape index (κ3) is 3.81. The van der Waals surface area contributed by atoms with E-state index in [-0.39, 0.29) is 6.61 Å².